The number of hydrogen-bond donors (Lipinski definition) is 1. The van der Waals surface area contributed by atoms with Crippen molar-refractivity contribution in [3.8, 4) is 0 Å². The van der Waals surface area contributed by atoms with Crippen molar-refractivity contribution in [2.45, 2.75) is 77.3 Å². The third-order valence-corrected chi connectivity index (χ3v) is 6.33. The maximum Gasteiger partial charge on any atom is 0.222 e. The molecule has 3 aliphatic rings. The van der Waals surface area contributed by atoms with Crippen LogP contribution in [0.15, 0.2) is 0 Å². The van der Waals surface area contributed by atoms with Gasteiger partial charge in [0, 0.05) is 31.6 Å². The molecular weight excluding hydrogens is 284 g/mol. The van der Waals surface area contributed by atoms with Crippen molar-refractivity contribution in [1.29, 1.82) is 0 Å². The summed E-state index contributed by atoms with van der Waals surface area (Å²) in [5.41, 5.74) is 0.419. The van der Waals surface area contributed by atoms with Crippen LogP contribution in [0.5, 0.6) is 0 Å². The average Bonchev–Trinajstić information content (AvgIpc) is 3.03. The maximum atomic E-state index is 12.6. The van der Waals surface area contributed by atoms with E-state index in [2.05, 4.69) is 24.1 Å². The molecule has 0 radical (unpaired) electrons. The minimum Gasteiger partial charge on any atom is -0.342 e. The predicted octanol–water partition coefficient (Wildman–Crippen LogP) is 3.37. The van der Waals surface area contributed by atoms with Crippen molar-refractivity contribution in [3.05, 3.63) is 0 Å². The van der Waals surface area contributed by atoms with E-state index in [4.69, 9.17) is 0 Å². The summed E-state index contributed by atoms with van der Waals surface area (Å²) in [5, 5.41) is 3.67. The van der Waals surface area contributed by atoms with E-state index in [-0.39, 0.29) is 12.4 Å². The largest absolute Gasteiger partial charge is 0.342 e. The summed E-state index contributed by atoms with van der Waals surface area (Å²) in [4.78, 5) is 14.7. The first kappa shape index (κ1) is 17.1. The van der Waals surface area contributed by atoms with E-state index >= 15 is 0 Å². The van der Waals surface area contributed by atoms with Gasteiger partial charge in [-0.2, -0.15) is 0 Å². The molecule has 3 aliphatic heterocycles. The van der Waals surface area contributed by atoms with Crippen molar-refractivity contribution in [2.24, 2.45) is 11.3 Å². The van der Waals surface area contributed by atoms with Crippen LogP contribution in [0.3, 0.4) is 0 Å². The van der Waals surface area contributed by atoms with Gasteiger partial charge in [-0.3, -0.25) is 4.79 Å². The molecule has 21 heavy (non-hydrogen) atoms. The summed E-state index contributed by atoms with van der Waals surface area (Å²) >= 11 is 0. The van der Waals surface area contributed by atoms with Crippen LogP contribution >= 0.6 is 12.4 Å². The number of amides is 1. The molecule has 1 N–H and O–H groups in total. The van der Waals surface area contributed by atoms with Gasteiger partial charge >= 0.3 is 0 Å². The van der Waals surface area contributed by atoms with Gasteiger partial charge in [0.1, 0.15) is 0 Å². The van der Waals surface area contributed by atoms with E-state index in [0.29, 0.717) is 29.3 Å². The SMILES string of the molecule is CCC1(CC)CCN(C(=O)CC2CC3CCC(C2)N3)C1.Cl. The van der Waals surface area contributed by atoms with Gasteiger partial charge in [0.2, 0.25) is 5.91 Å². The number of carbonyl (C=O) groups is 1. The van der Waals surface area contributed by atoms with Crippen LogP contribution in [0, 0.1) is 11.3 Å². The van der Waals surface area contributed by atoms with Gasteiger partial charge in [0.25, 0.3) is 0 Å². The minimum absolute atomic E-state index is 0. The Balaban J connectivity index is 0.00000161. The molecule has 0 aromatic carbocycles. The van der Waals surface area contributed by atoms with Gasteiger partial charge in [-0.25, -0.2) is 0 Å². The Hall–Kier alpha value is -0.280. The van der Waals surface area contributed by atoms with Crippen LogP contribution in [0.4, 0.5) is 0 Å². The molecule has 0 spiro atoms. The zero-order chi connectivity index (χ0) is 14.2. The van der Waals surface area contributed by atoms with E-state index in [1.165, 1.54) is 44.9 Å². The number of fused-ring (bicyclic) bond motifs is 2. The molecule has 0 aromatic rings. The second kappa shape index (κ2) is 6.87. The lowest BCUT2D eigenvalue weighted by Crippen LogP contribution is -2.40. The second-order valence-electron chi connectivity index (χ2n) is 7.45. The van der Waals surface area contributed by atoms with Crippen molar-refractivity contribution in [1.82, 2.24) is 10.2 Å². The molecule has 2 bridgehead atoms. The summed E-state index contributed by atoms with van der Waals surface area (Å²) in [5.74, 6) is 1.07. The lowest BCUT2D eigenvalue weighted by molar-refractivity contribution is -0.131. The summed E-state index contributed by atoms with van der Waals surface area (Å²) in [6, 6.07) is 1.41. The quantitative estimate of drug-likeness (QED) is 0.863. The molecule has 0 aromatic heterocycles. The van der Waals surface area contributed by atoms with Crippen LogP contribution in [0.25, 0.3) is 0 Å². The highest BCUT2D eigenvalue weighted by atomic mass is 35.5. The van der Waals surface area contributed by atoms with Crippen molar-refractivity contribution in [2.75, 3.05) is 13.1 Å². The second-order valence-corrected chi connectivity index (χ2v) is 7.45. The topological polar surface area (TPSA) is 32.3 Å². The van der Waals surface area contributed by atoms with Crippen LogP contribution < -0.4 is 5.32 Å². The van der Waals surface area contributed by atoms with Gasteiger partial charge in [-0.15, -0.1) is 12.4 Å². The van der Waals surface area contributed by atoms with Crippen molar-refractivity contribution >= 4 is 18.3 Å². The molecule has 3 nitrogen and oxygen atoms in total. The highest BCUT2D eigenvalue weighted by Crippen LogP contribution is 2.38. The van der Waals surface area contributed by atoms with Gasteiger partial charge in [0.05, 0.1) is 0 Å². The van der Waals surface area contributed by atoms with E-state index in [9.17, 15) is 4.79 Å². The van der Waals surface area contributed by atoms with E-state index < -0.39 is 0 Å². The summed E-state index contributed by atoms with van der Waals surface area (Å²) in [7, 11) is 0. The Morgan fingerprint density at radius 2 is 1.81 bits per heavy atom. The Morgan fingerprint density at radius 3 is 2.33 bits per heavy atom. The zero-order valence-electron chi connectivity index (χ0n) is 13.6. The third-order valence-electron chi connectivity index (χ3n) is 6.33. The van der Waals surface area contributed by atoms with E-state index in [1.807, 2.05) is 0 Å². The van der Waals surface area contributed by atoms with Crippen molar-refractivity contribution < 1.29 is 4.79 Å². The summed E-state index contributed by atoms with van der Waals surface area (Å²) in [6.07, 6.45) is 9.55. The molecule has 2 unspecified atom stereocenters. The van der Waals surface area contributed by atoms with Gasteiger partial charge in [-0.05, 0) is 56.3 Å². The normalized spacial score (nSPS) is 33.8. The molecule has 0 aliphatic carbocycles. The Kier molecular flexibility index (Phi) is 5.59. The number of halogens is 1. The third kappa shape index (κ3) is 3.56. The fourth-order valence-corrected chi connectivity index (χ4v) is 4.69. The van der Waals surface area contributed by atoms with E-state index in [0.717, 1.165) is 19.5 Å². The lowest BCUT2D eigenvalue weighted by atomic mass is 9.82. The molecule has 3 rings (SSSR count). The molecule has 2 atom stereocenters. The maximum absolute atomic E-state index is 12.6. The number of nitrogens with one attached hydrogen (secondary N) is 1. The number of likely N-dealkylation sites (tertiary alicyclic amines) is 1. The monoisotopic (exact) mass is 314 g/mol. The molecule has 122 valence electrons. The van der Waals surface area contributed by atoms with Crippen LogP contribution in [0.1, 0.15) is 65.2 Å². The number of nitrogens with zero attached hydrogens (tertiary/aromatic N) is 1. The molecule has 0 saturated carbocycles. The molecule has 3 saturated heterocycles. The Labute approximate surface area is 135 Å². The molecule has 1 amide bonds. The lowest BCUT2D eigenvalue weighted by Gasteiger charge is -2.30. The fraction of sp³-hybridized carbons (Fsp3) is 0.941. The van der Waals surface area contributed by atoms with Crippen LogP contribution in [-0.2, 0) is 4.79 Å². The summed E-state index contributed by atoms with van der Waals surface area (Å²) < 4.78 is 0. The first-order valence-corrected chi connectivity index (χ1v) is 8.68. The fourth-order valence-electron chi connectivity index (χ4n) is 4.69. The first-order chi connectivity index (χ1) is 9.64. The zero-order valence-corrected chi connectivity index (χ0v) is 14.4. The average molecular weight is 315 g/mol. The molecule has 3 fully saturated rings. The van der Waals surface area contributed by atoms with Gasteiger partial charge in [-0.1, -0.05) is 13.8 Å². The van der Waals surface area contributed by atoms with Crippen molar-refractivity contribution in [3.63, 3.8) is 0 Å². The van der Waals surface area contributed by atoms with E-state index in [1.54, 1.807) is 0 Å². The Bertz CT molecular complexity index is 358. The van der Waals surface area contributed by atoms with Crippen LogP contribution in [0.2, 0.25) is 0 Å². The number of hydrogen-bond acceptors (Lipinski definition) is 2. The first-order valence-electron chi connectivity index (χ1n) is 8.68. The molecule has 3 heterocycles. The summed E-state index contributed by atoms with van der Waals surface area (Å²) in [6.45, 7) is 6.57. The predicted molar refractivity (Wildman–Crippen MR) is 88.7 cm³/mol. The highest BCUT2D eigenvalue weighted by molar-refractivity contribution is 5.85. The smallest absolute Gasteiger partial charge is 0.222 e. The highest BCUT2D eigenvalue weighted by Gasteiger charge is 2.39. The molecule has 4 heteroatoms. The van der Waals surface area contributed by atoms with Gasteiger partial charge in [0.15, 0.2) is 0 Å². The number of carbonyl (C=O) groups excluding carboxylic acids is 1. The molecular formula is C17H31ClN2O. The Morgan fingerprint density at radius 1 is 1.19 bits per heavy atom. The van der Waals surface area contributed by atoms with Crippen LogP contribution in [-0.4, -0.2) is 36.0 Å². The number of piperidine rings is 1. The van der Waals surface area contributed by atoms with Gasteiger partial charge < -0.3 is 10.2 Å². The standard InChI is InChI=1S/C17H30N2O.ClH/c1-3-17(4-2)7-8-19(12-17)16(20)11-13-9-14-5-6-15(10-13)18-14;/h13-15,18H,3-12H2,1-2H3;1H. The number of rotatable bonds is 4. The minimum atomic E-state index is 0.